The molecule has 0 saturated heterocycles. The minimum atomic E-state index is -0.0218. The molecule has 106 valence electrons. The maximum absolute atomic E-state index is 12.1. The Morgan fingerprint density at radius 2 is 2.21 bits per heavy atom. The average molecular weight is 284 g/mol. The third-order valence-electron chi connectivity index (χ3n) is 3.75. The van der Waals surface area contributed by atoms with Crippen molar-refractivity contribution in [1.29, 1.82) is 0 Å². The molecule has 1 amide bonds. The van der Waals surface area contributed by atoms with E-state index in [1.54, 1.807) is 18.3 Å². The second kappa shape index (κ2) is 7.46. The Morgan fingerprint density at radius 3 is 2.84 bits per heavy atom. The van der Waals surface area contributed by atoms with Crippen LogP contribution >= 0.6 is 12.4 Å². The zero-order valence-electron chi connectivity index (χ0n) is 11.3. The first-order valence-electron chi connectivity index (χ1n) is 6.66. The molecule has 1 aliphatic carbocycles. The molecule has 2 rings (SSSR count). The van der Waals surface area contributed by atoms with E-state index in [0.717, 1.165) is 5.69 Å². The number of nitrogens with two attached hydrogens (primary N) is 1. The molecule has 0 radical (unpaired) electrons. The second-order valence-corrected chi connectivity index (χ2v) is 5.05. The lowest BCUT2D eigenvalue weighted by Gasteiger charge is -2.20. The van der Waals surface area contributed by atoms with Crippen molar-refractivity contribution in [2.45, 2.75) is 45.2 Å². The maximum atomic E-state index is 12.1. The number of halogens is 1. The molecule has 1 aliphatic rings. The van der Waals surface area contributed by atoms with Crippen LogP contribution in [0.4, 0.5) is 0 Å². The van der Waals surface area contributed by atoms with Crippen molar-refractivity contribution in [3.63, 3.8) is 0 Å². The highest BCUT2D eigenvalue weighted by Gasteiger charge is 2.23. The molecule has 1 heterocycles. The van der Waals surface area contributed by atoms with Gasteiger partial charge in [-0.15, -0.1) is 12.4 Å². The largest absolute Gasteiger partial charge is 0.349 e. The number of aromatic nitrogens is 1. The molecular formula is C14H22ClN3O. The first-order valence-corrected chi connectivity index (χ1v) is 6.66. The van der Waals surface area contributed by atoms with E-state index < -0.39 is 0 Å². The fraction of sp³-hybridized carbons (Fsp3) is 0.571. The van der Waals surface area contributed by atoms with E-state index in [-0.39, 0.29) is 24.4 Å². The van der Waals surface area contributed by atoms with Crippen LogP contribution in [0, 0.1) is 5.92 Å². The molecule has 1 saturated carbocycles. The fourth-order valence-electron chi connectivity index (χ4n) is 2.60. The summed E-state index contributed by atoms with van der Waals surface area (Å²) in [4.78, 5) is 16.2. The predicted octanol–water partition coefficient (Wildman–Crippen LogP) is 2.27. The van der Waals surface area contributed by atoms with Gasteiger partial charge in [-0.25, -0.2) is 0 Å². The van der Waals surface area contributed by atoms with Crippen molar-refractivity contribution in [1.82, 2.24) is 10.3 Å². The Hall–Kier alpha value is -1.13. The predicted molar refractivity (Wildman–Crippen MR) is 78.3 cm³/mol. The van der Waals surface area contributed by atoms with Gasteiger partial charge in [0.15, 0.2) is 0 Å². The second-order valence-electron chi connectivity index (χ2n) is 5.05. The SMILES string of the molecule is CC(NC(=O)c1ccnc(CN)c1)C1CCCC1.Cl. The number of pyridine rings is 1. The molecule has 1 atom stereocenters. The Labute approximate surface area is 120 Å². The van der Waals surface area contributed by atoms with E-state index in [2.05, 4.69) is 17.2 Å². The van der Waals surface area contributed by atoms with Crippen LogP contribution in [0.25, 0.3) is 0 Å². The summed E-state index contributed by atoms with van der Waals surface area (Å²) in [5.74, 6) is 0.608. The zero-order chi connectivity index (χ0) is 13.0. The molecule has 1 aromatic rings. The molecule has 0 bridgehead atoms. The van der Waals surface area contributed by atoms with Crippen LogP contribution in [0.15, 0.2) is 18.3 Å². The molecule has 1 unspecified atom stereocenters. The molecule has 1 fully saturated rings. The van der Waals surface area contributed by atoms with E-state index in [9.17, 15) is 4.79 Å². The van der Waals surface area contributed by atoms with Crippen molar-refractivity contribution in [3.8, 4) is 0 Å². The Bertz CT molecular complexity index is 419. The van der Waals surface area contributed by atoms with Gasteiger partial charge in [0.25, 0.3) is 5.91 Å². The van der Waals surface area contributed by atoms with Crippen LogP contribution in [0.5, 0.6) is 0 Å². The topological polar surface area (TPSA) is 68.0 Å². The number of rotatable bonds is 4. The van der Waals surface area contributed by atoms with Crippen molar-refractivity contribution in [2.24, 2.45) is 11.7 Å². The van der Waals surface area contributed by atoms with Crippen molar-refractivity contribution >= 4 is 18.3 Å². The fourth-order valence-corrected chi connectivity index (χ4v) is 2.60. The first-order chi connectivity index (χ1) is 8.70. The van der Waals surface area contributed by atoms with E-state index in [0.29, 0.717) is 18.0 Å². The standard InChI is InChI=1S/C14H21N3O.ClH/c1-10(11-4-2-3-5-11)17-14(18)12-6-7-16-13(8-12)9-15;/h6-8,10-11H,2-5,9,15H2,1H3,(H,17,18);1H. The van der Waals surface area contributed by atoms with Gasteiger partial charge in [-0.2, -0.15) is 0 Å². The molecule has 0 aliphatic heterocycles. The number of carbonyl (C=O) groups excluding carboxylic acids is 1. The summed E-state index contributed by atoms with van der Waals surface area (Å²) >= 11 is 0. The third kappa shape index (κ3) is 4.18. The Morgan fingerprint density at radius 1 is 1.53 bits per heavy atom. The molecular weight excluding hydrogens is 262 g/mol. The third-order valence-corrected chi connectivity index (χ3v) is 3.75. The van der Waals surface area contributed by atoms with Crippen LogP contribution < -0.4 is 11.1 Å². The van der Waals surface area contributed by atoms with Gasteiger partial charge in [-0.1, -0.05) is 12.8 Å². The van der Waals surface area contributed by atoms with Crippen molar-refractivity contribution < 1.29 is 4.79 Å². The molecule has 19 heavy (non-hydrogen) atoms. The Balaban J connectivity index is 0.00000180. The molecule has 3 N–H and O–H groups in total. The summed E-state index contributed by atoms with van der Waals surface area (Å²) in [6, 6.07) is 3.74. The summed E-state index contributed by atoms with van der Waals surface area (Å²) in [7, 11) is 0. The van der Waals surface area contributed by atoms with Crippen molar-refractivity contribution in [3.05, 3.63) is 29.6 Å². The number of nitrogens with zero attached hydrogens (tertiary/aromatic N) is 1. The lowest BCUT2D eigenvalue weighted by atomic mass is 9.99. The first kappa shape index (κ1) is 15.9. The summed E-state index contributed by atoms with van der Waals surface area (Å²) in [6.07, 6.45) is 6.67. The van der Waals surface area contributed by atoms with E-state index in [1.807, 2.05) is 0 Å². The summed E-state index contributed by atoms with van der Waals surface area (Å²) in [5.41, 5.74) is 6.92. The van der Waals surface area contributed by atoms with Gasteiger partial charge in [0.1, 0.15) is 0 Å². The van der Waals surface area contributed by atoms with Gasteiger partial charge in [0, 0.05) is 24.3 Å². The van der Waals surface area contributed by atoms with Gasteiger partial charge in [0.05, 0.1) is 5.69 Å². The molecule has 5 heteroatoms. The highest BCUT2D eigenvalue weighted by Crippen LogP contribution is 2.27. The van der Waals surface area contributed by atoms with E-state index in [1.165, 1.54) is 25.7 Å². The van der Waals surface area contributed by atoms with Crippen LogP contribution in [-0.2, 0) is 6.54 Å². The zero-order valence-corrected chi connectivity index (χ0v) is 12.1. The van der Waals surface area contributed by atoms with Gasteiger partial charge >= 0.3 is 0 Å². The number of amides is 1. The van der Waals surface area contributed by atoms with Gasteiger partial charge in [-0.3, -0.25) is 9.78 Å². The average Bonchev–Trinajstić information content (AvgIpc) is 2.92. The highest BCUT2D eigenvalue weighted by molar-refractivity contribution is 5.94. The van der Waals surface area contributed by atoms with Crippen LogP contribution in [0.3, 0.4) is 0 Å². The quantitative estimate of drug-likeness (QED) is 0.891. The normalized spacial score (nSPS) is 16.7. The van der Waals surface area contributed by atoms with Gasteiger partial charge < -0.3 is 11.1 Å². The van der Waals surface area contributed by atoms with E-state index in [4.69, 9.17) is 5.73 Å². The number of carbonyl (C=O) groups is 1. The minimum Gasteiger partial charge on any atom is -0.349 e. The lowest BCUT2D eigenvalue weighted by molar-refractivity contribution is 0.0927. The van der Waals surface area contributed by atoms with Crippen LogP contribution in [0.2, 0.25) is 0 Å². The minimum absolute atomic E-state index is 0. The Kier molecular flexibility index (Phi) is 6.25. The molecule has 0 aromatic carbocycles. The maximum Gasteiger partial charge on any atom is 0.251 e. The number of nitrogens with one attached hydrogen (secondary N) is 1. The smallest absolute Gasteiger partial charge is 0.251 e. The number of hydrogen-bond donors (Lipinski definition) is 2. The molecule has 1 aromatic heterocycles. The van der Waals surface area contributed by atoms with Gasteiger partial charge in [-0.05, 0) is 37.8 Å². The highest BCUT2D eigenvalue weighted by atomic mass is 35.5. The summed E-state index contributed by atoms with van der Waals surface area (Å²) in [6.45, 7) is 2.46. The summed E-state index contributed by atoms with van der Waals surface area (Å²) < 4.78 is 0. The monoisotopic (exact) mass is 283 g/mol. The van der Waals surface area contributed by atoms with Gasteiger partial charge in [0.2, 0.25) is 0 Å². The van der Waals surface area contributed by atoms with Crippen LogP contribution in [-0.4, -0.2) is 16.9 Å². The summed E-state index contributed by atoms with van der Waals surface area (Å²) in [5, 5.41) is 3.08. The number of hydrogen-bond acceptors (Lipinski definition) is 3. The van der Waals surface area contributed by atoms with Crippen molar-refractivity contribution in [2.75, 3.05) is 0 Å². The molecule has 0 spiro atoms. The van der Waals surface area contributed by atoms with Crippen LogP contribution in [0.1, 0.15) is 48.7 Å². The lowest BCUT2D eigenvalue weighted by Crippen LogP contribution is -2.37. The van der Waals surface area contributed by atoms with E-state index >= 15 is 0 Å². The molecule has 4 nitrogen and oxygen atoms in total.